The molecule has 0 radical (unpaired) electrons. The number of aryl methyl sites for hydroxylation is 2. The van der Waals surface area contributed by atoms with Crippen LogP contribution >= 0.6 is 0 Å². The van der Waals surface area contributed by atoms with Gasteiger partial charge in [-0.25, -0.2) is 23.1 Å². The first kappa shape index (κ1) is 22.0. The van der Waals surface area contributed by atoms with Crippen molar-refractivity contribution in [2.75, 3.05) is 18.4 Å². The molecule has 2 aromatic heterocycles. The Morgan fingerprint density at radius 1 is 1.22 bits per heavy atom. The molecule has 2 N–H and O–H groups in total. The first-order chi connectivity index (χ1) is 15.3. The van der Waals surface area contributed by atoms with Crippen LogP contribution in [0.15, 0.2) is 35.1 Å². The highest BCUT2D eigenvalue weighted by atomic mass is 19.3. The van der Waals surface area contributed by atoms with Gasteiger partial charge in [0.25, 0.3) is 12.0 Å². The molecule has 1 aliphatic heterocycles. The third-order valence-corrected chi connectivity index (χ3v) is 5.70. The molecule has 1 aliphatic rings. The fourth-order valence-corrected chi connectivity index (χ4v) is 4.00. The second kappa shape index (κ2) is 8.74. The highest BCUT2D eigenvalue weighted by Gasteiger charge is 2.22. The summed E-state index contributed by atoms with van der Waals surface area (Å²) < 4.78 is 42.4. The van der Waals surface area contributed by atoms with Crippen molar-refractivity contribution >= 4 is 22.4 Å². The van der Waals surface area contributed by atoms with Crippen LogP contribution in [0.3, 0.4) is 0 Å². The van der Waals surface area contributed by atoms with Crippen LogP contribution in [0.1, 0.15) is 48.3 Å². The predicted octanol–water partition coefficient (Wildman–Crippen LogP) is 4.26. The van der Waals surface area contributed by atoms with E-state index in [1.54, 1.807) is 27.0 Å². The van der Waals surface area contributed by atoms with Crippen LogP contribution in [0.5, 0.6) is 0 Å². The lowest BCUT2D eigenvalue weighted by Crippen LogP contribution is -2.26. The van der Waals surface area contributed by atoms with Gasteiger partial charge in [-0.3, -0.25) is 9.36 Å². The summed E-state index contributed by atoms with van der Waals surface area (Å²) in [4.78, 5) is 21.9. The quantitative estimate of drug-likeness (QED) is 0.617. The van der Waals surface area contributed by atoms with E-state index in [2.05, 4.69) is 20.6 Å². The SMILES string of the molecule is Cc1nc(N[C@H](C)c2cccc(C(F)F)c2F)c2cc(C3=CCNCC3)c(=O)n(C)c2n1. The number of aromatic nitrogens is 3. The number of hydrogen-bond donors (Lipinski definition) is 2. The van der Waals surface area contributed by atoms with Gasteiger partial charge in [-0.2, -0.15) is 0 Å². The first-order valence-electron chi connectivity index (χ1n) is 10.4. The Hall–Kier alpha value is -3.20. The summed E-state index contributed by atoms with van der Waals surface area (Å²) in [7, 11) is 1.65. The fraction of sp³-hybridized carbons (Fsp3) is 0.348. The van der Waals surface area contributed by atoms with Gasteiger partial charge < -0.3 is 10.6 Å². The van der Waals surface area contributed by atoms with Crippen molar-refractivity contribution in [3.05, 3.63) is 69.0 Å². The highest BCUT2D eigenvalue weighted by molar-refractivity contribution is 5.89. The Bertz CT molecular complexity index is 1270. The summed E-state index contributed by atoms with van der Waals surface area (Å²) in [6.45, 7) is 4.83. The molecular weight excluding hydrogens is 419 g/mol. The van der Waals surface area contributed by atoms with Crippen molar-refractivity contribution in [1.29, 1.82) is 0 Å². The van der Waals surface area contributed by atoms with Crippen molar-refractivity contribution < 1.29 is 13.2 Å². The molecule has 168 valence electrons. The van der Waals surface area contributed by atoms with Gasteiger partial charge in [0, 0.05) is 24.7 Å². The number of pyridine rings is 1. The van der Waals surface area contributed by atoms with E-state index in [1.165, 1.54) is 16.7 Å². The van der Waals surface area contributed by atoms with Crippen molar-refractivity contribution in [1.82, 2.24) is 19.9 Å². The minimum atomic E-state index is -2.90. The highest BCUT2D eigenvalue weighted by Crippen LogP contribution is 2.31. The molecule has 0 saturated carbocycles. The Morgan fingerprint density at radius 3 is 2.66 bits per heavy atom. The monoisotopic (exact) mass is 443 g/mol. The van der Waals surface area contributed by atoms with E-state index in [9.17, 15) is 18.0 Å². The predicted molar refractivity (Wildman–Crippen MR) is 118 cm³/mol. The summed E-state index contributed by atoms with van der Waals surface area (Å²) in [6, 6.07) is 5.07. The molecule has 3 aromatic rings. The molecule has 4 rings (SSSR count). The minimum absolute atomic E-state index is 0.110. The zero-order chi connectivity index (χ0) is 23.0. The van der Waals surface area contributed by atoms with Gasteiger partial charge in [0.05, 0.1) is 17.0 Å². The van der Waals surface area contributed by atoms with E-state index in [4.69, 9.17) is 0 Å². The molecule has 0 spiro atoms. The first-order valence-corrected chi connectivity index (χ1v) is 10.4. The van der Waals surface area contributed by atoms with E-state index < -0.39 is 23.8 Å². The molecule has 9 heteroatoms. The van der Waals surface area contributed by atoms with E-state index in [0.717, 1.165) is 24.6 Å². The van der Waals surface area contributed by atoms with Gasteiger partial charge in [-0.15, -0.1) is 0 Å². The molecule has 0 bridgehead atoms. The van der Waals surface area contributed by atoms with Gasteiger partial charge in [0.15, 0.2) is 0 Å². The molecular formula is C23H24F3N5O. The number of halogens is 3. The van der Waals surface area contributed by atoms with E-state index in [1.807, 2.05) is 6.08 Å². The Morgan fingerprint density at radius 2 is 1.97 bits per heavy atom. The lowest BCUT2D eigenvalue weighted by Gasteiger charge is -2.20. The number of rotatable bonds is 5. The molecule has 0 amide bonds. The normalized spacial score (nSPS) is 15.2. The Balaban J connectivity index is 1.82. The molecule has 0 unspecified atom stereocenters. The van der Waals surface area contributed by atoms with Crippen LogP contribution in [0.4, 0.5) is 19.0 Å². The minimum Gasteiger partial charge on any atom is -0.363 e. The van der Waals surface area contributed by atoms with Crippen LogP contribution in [0, 0.1) is 12.7 Å². The average molecular weight is 443 g/mol. The topological polar surface area (TPSA) is 71.8 Å². The number of hydrogen-bond acceptors (Lipinski definition) is 5. The summed E-state index contributed by atoms with van der Waals surface area (Å²) in [5, 5.41) is 6.97. The summed E-state index contributed by atoms with van der Waals surface area (Å²) >= 11 is 0. The third-order valence-electron chi connectivity index (χ3n) is 5.70. The second-order valence-corrected chi connectivity index (χ2v) is 7.88. The number of anilines is 1. The number of benzene rings is 1. The largest absolute Gasteiger partial charge is 0.363 e. The summed E-state index contributed by atoms with van der Waals surface area (Å²) in [6.07, 6.45) is -0.194. The van der Waals surface area contributed by atoms with Gasteiger partial charge in [0.2, 0.25) is 0 Å². The molecule has 1 atom stereocenters. The smallest absolute Gasteiger partial charge is 0.266 e. The van der Waals surface area contributed by atoms with Crippen molar-refractivity contribution in [2.45, 2.75) is 32.7 Å². The lowest BCUT2D eigenvalue weighted by atomic mass is 10.00. The Labute approximate surface area is 183 Å². The molecule has 32 heavy (non-hydrogen) atoms. The lowest BCUT2D eigenvalue weighted by molar-refractivity contribution is 0.146. The maximum Gasteiger partial charge on any atom is 0.266 e. The molecule has 0 saturated heterocycles. The van der Waals surface area contributed by atoms with Gasteiger partial charge in [-0.05, 0) is 38.5 Å². The van der Waals surface area contributed by atoms with Gasteiger partial charge in [0.1, 0.15) is 23.1 Å². The standard InChI is InChI=1S/C23H24F3N5O/c1-12(15-5-4-6-16(19(15)24)20(25)26)28-21-18-11-17(14-7-9-27-10-8-14)23(32)31(3)22(18)30-13(2)29-21/h4-7,11-12,20,27H,8-10H2,1-3H3,(H,28,29,30)/t12-/m1/s1. The van der Waals surface area contributed by atoms with Gasteiger partial charge in [-0.1, -0.05) is 24.3 Å². The zero-order valence-electron chi connectivity index (χ0n) is 18.0. The van der Waals surface area contributed by atoms with Crippen molar-refractivity contribution in [3.8, 4) is 0 Å². The summed E-state index contributed by atoms with van der Waals surface area (Å²) in [5.41, 5.74) is 1.27. The summed E-state index contributed by atoms with van der Waals surface area (Å²) in [5.74, 6) is -0.100. The van der Waals surface area contributed by atoms with E-state index in [0.29, 0.717) is 34.8 Å². The van der Waals surface area contributed by atoms with Crippen molar-refractivity contribution in [2.24, 2.45) is 7.05 Å². The number of fused-ring (bicyclic) bond motifs is 1. The second-order valence-electron chi connectivity index (χ2n) is 7.88. The zero-order valence-corrected chi connectivity index (χ0v) is 18.0. The van der Waals surface area contributed by atoms with E-state index >= 15 is 0 Å². The van der Waals surface area contributed by atoms with Crippen LogP contribution in [0.25, 0.3) is 16.6 Å². The maximum absolute atomic E-state index is 14.7. The molecule has 0 aliphatic carbocycles. The maximum atomic E-state index is 14.7. The average Bonchev–Trinajstić information content (AvgIpc) is 2.77. The van der Waals surface area contributed by atoms with Crippen LogP contribution in [-0.2, 0) is 7.05 Å². The van der Waals surface area contributed by atoms with Crippen LogP contribution in [-0.4, -0.2) is 27.6 Å². The number of alkyl halides is 2. The number of nitrogens with one attached hydrogen (secondary N) is 2. The van der Waals surface area contributed by atoms with E-state index in [-0.39, 0.29) is 11.1 Å². The van der Waals surface area contributed by atoms with Crippen LogP contribution < -0.4 is 16.2 Å². The van der Waals surface area contributed by atoms with Gasteiger partial charge >= 0.3 is 0 Å². The molecule has 0 fully saturated rings. The Kier molecular flexibility index (Phi) is 6.01. The molecule has 6 nitrogen and oxygen atoms in total. The fourth-order valence-electron chi connectivity index (χ4n) is 4.00. The number of nitrogens with zero attached hydrogens (tertiary/aromatic N) is 3. The third kappa shape index (κ3) is 4.00. The van der Waals surface area contributed by atoms with Crippen molar-refractivity contribution in [3.63, 3.8) is 0 Å². The molecule has 1 aromatic carbocycles. The van der Waals surface area contributed by atoms with Crippen LogP contribution in [0.2, 0.25) is 0 Å². The molecule has 3 heterocycles.